The van der Waals surface area contributed by atoms with Crippen molar-refractivity contribution in [3.05, 3.63) is 17.7 Å². The normalized spacial score (nSPS) is 19.9. The predicted molar refractivity (Wildman–Crippen MR) is 71.0 cm³/mol. The molecule has 0 aliphatic carbocycles. The molecule has 2 rings (SSSR count). The van der Waals surface area contributed by atoms with E-state index in [-0.39, 0.29) is 0 Å². The van der Waals surface area contributed by atoms with E-state index in [0.29, 0.717) is 5.92 Å². The summed E-state index contributed by atoms with van der Waals surface area (Å²) in [6, 6.07) is 3.85. The zero-order valence-corrected chi connectivity index (χ0v) is 11.5. The van der Waals surface area contributed by atoms with Crippen LogP contribution in [-0.4, -0.2) is 46.4 Å². The molecule has 1 atom stereocenters. The molecule has 0 spiro atoms. The standard InChI is InChI=1S/C14H21NO3/c1-15-6-5-10(9-15)14-12(17-3)7-11(16-2)8-13(14)18-4/h7-8,10H,5-6,9H2,1-4H3/t10-/m1/s1. The highest BCUT2D eigenvalue weighted by Crippen LogP contribution is 2.42. The number of benzene rings is 1. The van der Waals surface area contributed by atoms with Crippen molar-refractivity contribution in [2.24, 2.45) is 0 Å². The van der Waals surface area contributed by atoms with Gasteiger partial charge in [-0.15, -0.1) is 0 Å². The number of hydrogen-bond donors (Lipinski definition) is 0. The van der Waals surface area contributed by atoms with Crippen LogP contribution < -0.4 is 14.2 Å². The maximum atomic E-state index is 5.50. The lowest BCUT2D eigenvalue weighted by Crippen LogP contribution is -2.14. The zero-order chi connectivity index (χ0) is 13.1. The molecule has 1 aliphatic heterocycles. The molecule has 4 nitrogen and oxygen atoms in total. The molecule has 0 saturated carbocycles. The Morgan fingerprint density at radius 2 is 1.67 bits per heavy atom. The number of methoxy groups -OCH3 is 3. The first-order valence-electron chi connectivity index (χ1n) is 6.18. The fraction of sp³-hybridized carbons (Fsp3) is 0.571. The summed E-state index contributed by atoms with van der Waals surface area (Å²) in [4.78, 5) is 2.33. The number of rotatable bonds is 4. The van der Waals surface area contributed by atoms with Gasteiger partial charge in [0.1, 0.15) is 17.2 Å². The summed E-state index contributed by atoms with van der Waals surface area (Å²) >= 11 is 0. The van der Waals surface area contributed by atoms with Crippen LogP contribution in [-0.2, 0) is 0 Å². The average molecular weight is 251 g/mol. The molecule has 0 bridgehead atoms. The van der Waals surface area contributed by atoms with Gasteiger partial charge >= 0.3 is 0 Å². The van der Waals surface area contributed by atoms with Crippen LogP contribution in [0.4, 0.5) is 0 Å². The molecule has 1 fully saturated rings. The first-order chi connectivity index (χ1) is 8.69. The Morgan fingerprint density at radius 3 is 2.06 bits per heavy atom. The predicted octanol–water partition coefficient (Wildman–Crippen LogP) is 2.13. The molecule has 0 radical (unpaired) electrons. The monoisotopic (exact) mass is 251 g/mol. The lowest BCUT2D eigenvalue weighted by Gasteiger charge is -2.19. The summed E-state index contributed by atoms with van der Waals surface area (Å²) in [5.74, 6) is 2.93. The molecule has 1 aromatic rings. The van der Waals surface area contributed by atoms with E-state index in [0.717, 1.165) is 42.3 Å². The van der Waals surface area contributed by atoms with Gasteiger partial charge in [-0.3, -0.25) is 0 Å². The summed E-state index contributed by atoms with van der Waals surface area (Å²) in [7, 11) is 7.17. The molecule has 1 saturated heterocycles. The third-order valence-corrected chi connectivity index (χ3v) is 3.55. The van der Waals surface area contributed by atoms with Crippen LogP contribution >= 0.6 is 0 Å². The van der Waals surface area contributed by atoms with E-state index in [1.54, 1.807) is 21.3 Å². The molecule has 1 heterocycles. The van der Waals surface area contributed by atoms with E-state index < -0.39 is 0 Å². The molecular weight excluding hydrogens is 230 g/mol. The van der Waals surface area contributed by atoms with Gasteiger partial charge in [0.15, 0.2) is 0 Å². The first-order valence-corrected chi connectivity index (χ1v) is 6.18. The van der Waals surface area contributed by atoms with Gasteiger partial charge in [0.2, 0.25) is 0 Å². The maximum absolute atomic E-state index is 5.50. The van der Waals surface area contributed by atoms with E-state index in [2.05, 4.69) is 11.9 Å². The van der Waals surface area contributed by atoms with Gasteiger partial charge in [-0.1, -0.05) is 0 Å². The quantitative estimate of drug-likeness (QED) is 0.820. The van der Waals surface area contributed by atoms with E-state index in [4.69, 9.17) is 14.2 Å². The molecule has 0 N–H and O–H groups in total. The highest BCUT2D eigenvalue weighted by Gasteiger charge is 2.27. The molecule has 18 heavy (non-hydrogen) atoms. The molecule has 0 unspecified atom stereocenters. The van der Waals surface area contributed by atoms with Crippen molar-refractivity contribution in [1.82, 2.24) is 4.90 Å². The maximum Gasteiger partial charge on any atom is 0.129 e. The summed E-state index contributed by atoms with van der Waals surface area (Å²) in [6.07, 6.45) is 1.13. The minimum absolute atomic E-state index is 0.464. The number of ether oxygens (including phenoxy) is 3. The Bertz CT molecular complexity index is 394. The van der Waals surface area contributed by atoms with Gasteiger partial charge < -0.3 is 19.1 Å². The van der Waals surface area contributed by atoms with E-state index in [1.807, 2.05) is 12.1 Å². The Hall–Kier alpha value is -1.42. The second kappa shape index (κ2) is 5.48. The second-order valence-corrected chi connectivity index (χ2v) is 4.69. The van der Waals surface area contributed by atoms with Crippen molar-refractivity contribution in [3.8, 4) is 17.2 Å². The third kappa shape index (κ3) is 2.38. The number of likely N-dealkylation sites (tertiary alicyclic amines) is 1. The summed E-state index contributed by atoms with van der Waals surface area (Å²) in [6.45, 7) is 2.15. The van der Waals surface area contributed by atoms with Gasteiger partial charge in [-0.25, -0.2) is 0 Å². The SMILES string of the molecule is COc1cc(OC)c([C@@H]2CCN(C)C2)c(OC)c1. The highest BCUT2D eigenvalue weighted by atomic mass is 16.5. The second-order valence-electron chi connectivity index (χ2n) is 4.69. The van der Waals surface area contributed by atoms with Gasteiger partial charge in [-0.2, -0.15) is 0 Å². The first kappa shape index (κ1) is 13.0. The van der Waals surface area contributed by atoms with Crippen molar-refractivity contribution < 1.29 is 14.2 Å². The number of hydrogen-bond acceptors (Lipinski definition) is 4. The van der Waals surface area contributed by atoms with Crippen molar-refractivity contribution >= 4 is 0 Å². The third-order valence-electron chi connectivity index (χ3n) is 3.55. The van der Waals surface area contributed by atoms with Crippen molar-refractivity contribution in [3.63, 3.8) is 0 Å². The smallest absolute Gasteiger partial charge is 0.129 e. The van der Waals surface area contributed by atoms with Crippen molar-refractivity contribution in [1.29, 1.82) is 0 Å². The molecule has 4 heteroatoms. The molecular formula is C14H21NO3. The Morgan fingerprint density at radius 1 is 1.06 bits per heavy atom. The van der Waals surface area contributed by atoms with Gasteiger partial charge in [0, 0.05) is 30.2 Å². The highest BCUT2D eigenvalue weighted by molar-refractivity contribution is 5.53. The van der Waals surface area contributed by atoms with Crippen molar-refractivity contribution in [2.45, 2.75) is 12.3 Å². The Kier molecular flexibility index (Phi) is 3.97. The van der Waals surface area contributed by atoms with Crippen LogP contribution in [0.25, 0.3) is 0 Å². The summed E-state index contributed by atoms with van der Waals surface area (Å²) in [5, 5.41) is 0. The van der Waals surface area contributed by atoms with E-state index in [9.17, 15) is 0 Å². The lowest BCUT2D eigenvalue weighted by atomic mass is 9.96. The van der Waals surface area contributed by atoms with Crippen molar-refractivity contribution in [2.75, 3.05) is 41.5 Å². The average Bonchev–Trinajstić information content (AvgIpc) is 2.83. The number of nitrogens with zero attached hydrogens (tertiary/aromatic N) is 1. The van der Waals surface area contributed by atoms with Crippen LogP contribution in [0.5, 0.6) is 17.2 Å². The molecule has 1 aromatic carbocycles. The molecule has 0 amide bonds. The van der Waals surface area contributed by atoms with E-state index >= 15 is 0 Å². The van der Waals surface area contributed by atoms with Crippen LogP contribution in [0.2, 0.25) is 0 Å². The Balaban J connectivity index is 2.43. The van der Waals surface area contributed by atoms with E-state index in [1.165, 1.54) is 0 Å². The largest absolute Gasteiger partial charge is 0.496 e. The van der Waals surface area contributed by atoms with Crippen LogP contribution in [0, 0.1) is 0 Å². The zero-order valence-electron chi connectivity index (χ0n) is 11.5. The fourth-order valence-corrected chi connectivity index (χ4v) is 2.61. The Labute approximate surface area is 108 Å². The summed E-state index contributed by atoms with van der Waals surface area (Å²) in [5.41, 5.74) is 1.16. The molecule has 100 valence electrons. The minimum atomic E-state index is 0.464. The van der Waals surface area contributed by atoms with Crippen LogP contribution in [0.1, 0.15) is 17.9 Å². The van der Waals surface area contributed by atoms with Crippen LogP contribution in [0.3, 0.4) is 0 Å². The van der Waals surface area contributed by atoms with Gasteiger partial charge in [0.25, 0.3) is 0 Å². The van der Waals surface area contributed by atoms with Gasteiger partial charge in [0.05, 0.1) is 21.3 Å². The minimum Gasteiger partial charge on any atom is -0.496 e. The van der Waals surface area contributed by atoms with Crippen LogP contribution in [0.15, 0.2) is 12.1 Å². The number of likely N-dealkylation sites (N-methyl/N-ethyl adjacent to an activating group) is 1. The summed E-state index contributed by atoms with van der Waals surface area (Å²) < 4.78 is 16.3. The lowest BCUT2D eigenvalue weighted by molar-refractivity contribution is 0.360. The fourth-order valence-electron chi connectivity index (χ4n) is 2.61. The molecule has 0 aromatic heterocycles. The topological polar surface area (TPSA) is 30.9 Å². The molecule has 1 aliphatic rings. The van der Waals surface area contributed by atoms with Gasteiger partial charge in [-0.05, 0) is 20.0 Å².